The molecule has 36 heavy (non-hydrogen) atoms. The van der Waals surface area contributed by atoms with Gasteiger partial charge in [0.25, 0.3) is 0 Å². The molecule has 2 aromatic heterocycles. The minimum atomic E-state index is -1.87. The Morgan fingerprint density at radius 2 is 1.92 bits per heavy atom. The average Bonchev–Trinajstić information content (AvgIpc) is 3.44. The number of hydrogen-bond acceptors (Lipinski definition) is 9. The van der Waals surface area contributed by atoms with Crippen LogP contribution in [0.25, 0.3) is 0 Å². The second-order valence-corrected chi connectivity index (χ2v) is 9.68. The number of anilines is 1. The molecule has 0 radical (unpaired) electrons. The molecule has 3 saturated heterocycles. The van der Waals surface area contributed by atoms with Crippen LogP contribution in [0.1, 0.15) is 50.3 Å². The molecule has 3 aliphatic heterocycles. The molecule has 3 fully saturated rings. The van der Waals surface area contributed by atoms with Crippen LogP contribution in [-0.4, -0.2) is 70.8 Å². The van der Waals surface area contributed by atoms with Crippen LogP contribution in [-0.2, 0) is 30.3 Å². The summed E-state index contributed by atoms with van der Waals surface area (Å²) in [5.41, 5.74) is 1.95. The molecule has 1 spiro atoms. The predicted octanol–water partition coefficient (Wildman–Crippen LogP) is 2.22. The van der Waals surface area contributed by atoms with E-state index in [-0.39, 0.29) is 12.5 Å². The summed E-state index contributed by atoms with van der Waals surface area (Å²) < 4.78 is 15.9. The van der Waals surface area contributed by atoms with E-state index in [1.807, 2.05) is 38.1 Å². The highest BCUT2D eigenvalue weighted by atomic mass is 16.8. The topological polar surface area (TPSA) is 111 Å². The minimum Gasteiger partial charge on any atom is -0.475 e. The molecule has 10 heteroatoms. The van der Waals surface area contributed by atoms with Gasteiger partial charge in [-0.15, -0.1) is 0 Å². The first-order valence-electron chi connectivity index (χ1n) is 12.4. The minimum absolute atomic E-state index is 0.0796. The number of carbonyl (C=O) groups is 3. The van der Waals surface area contributed by atoms with Crippen molar-refractivity contribution in [2.75, 3.05) is 31.1 Å². The van der Waals surface area contributed by atoms with E-state index in [2.05, 4.69) is 16.0 Å². The molecule has 5 rings (SSSR count). The number of hydrogen-bond donors (Lipinski definition) is 0. The Morgan fingerprint density at radius 1 is 1.11 bits per heavy atom. The van der Waals surface area contributed by atoms with Gasteiger partial charge in [0.1, 0.15) is 5.82 Å². The normalized spacial score (nSPS) is 21.8. The van der Waals surface area contributed by atoms with Gasteiger partial charge >= 0.3 is 23.6 Å². The van der Waals surface area contributed by atoms with E-state index in [4.69, 9.17) is 19.2 Å². The number of ether oxygens (including phenoxy) is 3. The molecule has 2 aromatic rings. The first-order chi connectivity index (χ1) is 17.3. The molecule has 0 aromatic carbocycles. The lowest BCUT2D eigenvalue weighted by Gasteiger charge is -2.36. The molecule has 0 bridgehead atoms. The van der Waals surface area contributed by atoms with Gasteiger partial charge in [0.15, 0.2) is 0 Å². The predicted molar refractivity (Wildman–Crippen MR) is 128 cm³/mol. The molecular weight excluding hydrogens is 464 g/mol. The van der Waals surface area contributed by atoms with Gasteiger partial charge in [-0.1, -0.05) is 12.1 Å². The van der Waals surface area contributed by atoms with Crippen molar-refractivity contribution in [3.63, 3.8) is 0 Å². The second kappa shape index (κ2) is 9.85. The summed E-state index contributed by atoms with van der Waals surface area (Å²) in [5.74, 6) is -3.20. The van der Waals surface area contributed by atoms with Gasteiger partial charge in [-0.25, -0.2) is 19.6 Å². The SMILES string of the molecule is CC(C)Oc1cccc(C2CCN(CCc3cccnc3N3CCCC4(OC(=O)C(=O)O4)C3=O)C2)n1. The van der Waals surface area contributed by atoms with Gasteiger partial charge in [-0.05, 0) is 57.4 Å². The number of rotatable bonds is 7. The number of likely N-dealkylation sites (tertiary alicyclic amines) is 1. The van der Waals surface area contributed by atoms with Crippen LogP contribution in [0.5, 0.6) is 5.88 Å². The molecule has 5 heterocycles. The van der Waals surface area contributed by atoms with Crippen molar-refractivity contribution in [1.82, 2.24) is 14.9 Å². The zero-order valence-corrected chi connectivity index (χ0v) is 20.5. The first-order valence-corrected chi connectivity index (χ1v) is 12.4. The Bertz CT molecular complexity index is 1150. The summed E-state index contributed by atoms with van der Waals surface area (Å²) >= 11 is 0. The van der Waals surface area contributed by atoms with Gasteiger partial charge in [0, 0.05) is 49.9 Å². The number of nitrogens with zero attached hydrogens (tertiary/aromatic N) is 4. The van der Waals surface area contributed by atoms with E-state index >= 15 is 0 Å². The third-order valence-electron chi connectivity index (χ3n) is 6.75. The molecule has 0 N–H and O–H groups in total. The Hall–Kier alpha value is -3.53. The molecule has 190 valence electrons. The van der Waals surface area contributed by atoms with E-state index < -0.39 is 23.6 Å². The monoisotopic (exact) mass is 494 g/mol. The lowest BCUT2D eigenvalue weighted by molar-refractivity contribution is -0.193. The Morgan fingerprint density at radius 3 is 2.69 bits per heavy atom. The van der Waals surface area contributed by atoms with Crippen LogP contribution >= 0.6 is 0 Å². The summed E-state index contributed by atoms with van der Waals surface area (Å²) in [6.45, 7) is 7.03. The van der Waals surface area contributed by atoms with Crippen LogP contribution in [0.4, 0.5) is 5.82 Å². The van der Waals surface area contributed by atoms with Crippen molar-refractivity contribution in [1.29, 1.82) is 0 Å². The van der Waals surface area contributed by atoms with E-state index in [1.54, 1.807) is 6.20 Å². The van der Waals surface area contributed by atoms with Gasteiger partial charge in [0.05, 0.1) is 6.10 Å². The largest absolute Gasteiger partial charge is 0.475 e. The number of pyridine rings is 2. The third-order valence-corrected chi connectivity index (χ3v) is 6.75. The molecule has 1 atom stereocenters. The molecule has 1 unspecified atom stereocenters. The van der Waals surface area contributed by atoms with Gasteiger partial charge in [-0.3, -0.25) is 9.69 Å². The van der Waals surface area contributed by atoms with Crippen LogP contribution in [0.2, 0.25) is 0 Å². The zero-order valence-electron chi connectivity index (χ0n) is 20.5. The summed E-state index contributed by atoms with van der Waals surface area (Å²) in [5, 5.41) is 0. The lowest BCUT2D eigenvalue weighted by atomic mass is 10.0. The number of aromatic nitrogens is 2. The second-order valence-electron chi connectivity index (χ2n) is 9.68. The summed E-state index contributed by atoms with van der Waals surface area (Å²) in [7, 11) is 0. The molecule has 10 nitrogen and oxygen atoms in total. The van der Waals surface area contributed by atoms with E-state index in [1.165, 1.54) is 4.90 Å². The fraction of sp³-hybridized carbons (Fsp3) is 0.500. The van der Waals surface area contributed by atoms with Crippen LogP contribution in [0.15, 0.2) is 36.5 Å². The van der Waals surface area contributed by atoms with Crippen molar-refractivity contribution >= 4 is 23.7 Å². The van der Waals surface area contributed by atoms with Crippen molar-refractivity contribution in [3.05, 3.63) is 47.8 Å². The maximum Gasteiger partial charge on any atom is 0.421 e. The highest BCUT2D eigenvalue weighted by Gasteiger charge is 2.58. The quantitative estimate of drug-likeness (QED) is 0.422. The van der Waals surface area contributed by atoms with E-state index in [0.717, 1.165) is 37.3 Å². The Balaban J connectivity index is 1.24. The number of esters is 2. The fourth-order valence-corrected chi connectivity index (χ4v) is 5.07. The van der Waals surface area contributed by atoms with Gasteiger partial charge < -0.3 is 19.1 Å². The van der Waals surface area contributed by atoms with Crippen molar-refractivity contribution in [3.8, 4) is 5.88 Å². The number of piperidine rings is 1. The molecule has 0 aliphatic carbocycles. The van der Waals surface area contributed by atoms with E-state index in [9.17, 15) is 14.4 Å². The van der Waals surface area contributed by atoms with Crippen LogP contribution in [0, 0.1) is 0 Å². The fourth-order valence-electron chi connectivity index (χ4n) is 5.07. The van der Waals surface area contributed by atoms with Crippen molar-refractivity contribution in [2.24, 2.45) is 0 Å². The Kier molecular flexibility index (Phi) is 6.61. The maximum atomic E-state index is 13.3. The summed E-state index contributed by atoms with van der Waals surface area (Å²) in [4.78, 5) is 49.6. The molecule has 0 saturated carbocycles. The highest BCUT2D eigenvalue weighted by molar-refractivity contribution is 6.32. The summed E-state index contributed by atoms with van der Waals surface area (Å²) in [6.07, 6.45) is 4.08. The summed E-state index contributed by atoms with van der Waals surface area (Å²) in [6, 6.07) is 9.73. The molecule has 3 aliphatic rings. The first kappa shape index (κ1) is 24.2. The highest BCUT2D eigenvalue weighted by Crippen LogP contribution is 2.35. The Labute approximate surface area is 209 Å². The maximum absolute atomic E-state index is 13.3. The van der Waals surface area contributed by atoms with Gasteiger partial charge in [-0.2, -0.15) is 0 Å². The molecule has 1 amide bonds. The van der Waals surface area contributed by atoms with Crippen molar-refractivity contribution < 1.29 is 28.6 Å². The zero-order chi connectivity index (χ0) is 25.3. The van der Waals surface area contributed by atoms with Crippen LogP contribution in [0.3, 0.4) is 0 Å². The number of carbonyl (C=O) groups excluding carboxylic acids is 3. The third kappa shape index (κ3) is 4.77. The van der Waals surface area contributed by atoms with Gasteiger partial charge in [0.2, 0.25) is 5.88 Å². The lowest BCUT2D eigenvalue weighted by Crippen LogP contribution is -2.55. The smallest absolute Gasteiger partial charge is 0.421 e. The molecular formula is C26H30N4O6. The standard InChI is InChI=1S/C26H30N4O6/c1-17(2)34-21-8-3-7-20(28-21)19-10-15-29(16-19)14-9-18-6-4-12-27-22(18)30-13-5-11-26(25(30)33)35-23(31)24(32)36-26/h3-4,6-8,12,17,19H,5,9-11,13-16H2,1-2H3. The number of amides is 1. The van der Waals surface area contributed by atoms with Crippen LogP contribution < -0.4 is 9.64 Å². The average molecular weight is 495 g/mol. The van der Waals surface area contributed by atoms with E-state index in [0.29, 0.717) is 37.0 Å². The van der Waals surface area contributed by atoms with Crippen molar-refractivity contribution in [2.45, 2.75) is 57.3 Å².